The molecule has 0 saturated carbocycles. The first-order chi connectivity index (χ1) is 26.7. The Kier molecular flexibility index (Phi) is 11.6. The lowest BCUT2D eigenvalue weighted by atomic mass is 9.72. The van der Waals surface area contributed by atoms with Crippen LogP contribution in [0.25, 0.3) is 16.5 Å². The van der Waals surface area contributed by atoms with E-state index in [2.05, 4.69) is 56.4 Å². The second-order valence-corrected chi connectivity index (χ2v) is 18.0. The molecule has 2 aliphatic heterocycles. The number of hydrogen-bond acceptors (Lipinski definition) is 9. The van der Waals surface area contributed by atoms with Crippen LogP contribution in [-0.4, -0.2) is 87.2 Å². The quantitative estimate of drug-likeness (QED) is 0.163. The van der Waals surface area contributed by atoms with Gasteiger partial charge in [-0.25, -0.2) is 18.4 Å². The van der Waals surface area contributed by atoms with E-state index in [1.807, 2.05) is 24.3 Å². The number of amides is 1. The molecule has 56 heavy (non-hydrogen) atoms. The van der Waals surface area contributed by atoms with Crippen LogP contribution in [0.15, 0.2) is 77.5 Å². The first-order valence-electron chi connectivity index (χ1n) is 18.9. The van der Waals surface area contributed by atoms with E-state index in [0.29, 0.717) is 31.6 Å². The van der Waals surface area contributed by atoms with Crippen LogP contribution >= 0.6 is 11.6 Å². The van der Waals surface area contributed by atoms with Crippen LogP contribution in [0, 0.1) is 11.3 Å². The summed E-state index contributed by atoms with van der Waals surface area (Å²) >= 11 is 6.19. The van der Waals surface area contributed by atoms with E-state index in [1.54, 1.807) is 12.1 Å². The van der Waals surface area contributed by atoms with Crippen molar-refractivity contribution in [3.8, 4) is 0 Å². The zero-order valence-electron chi connectivity index (χ0n) is 31.5. The third-order valence-corrected chi connectivity index (χ3v) is 13.0. The van der Waals surface area contributed by atoms with Crippen molar-refractivity contribution in [2.75, 3.05) is 68.0 Å². The largest absolute Gasteiger partial charge is 0.502 e. The van der Waals surface area contributed by atoms with Crippen LogP contribution in [0.3, 0.4) is 0 Å². The lowest BCUT2D eigenvalue weighted by Crippen LogP contribution is -2.47. The second-order valence-electron chi connectivity index (χ2n) is 15.6. The monoisotopic (exact) mass is 810 g/mol. The molecule has 15 heteroatoms. The van der Waals surface area contributed by atoms with Gasteiger partial charge in [0.2, 0.25) is 0 Å². The Morgan fingerprint density at radius 2 is 1.66 bits per heavy atom. The van der Waals surface area contributed by atoms with Crippen molar-refractivity contribution in [3.05, 3.63) is 88.7 Å². The van der Waals surface area contributed by atoms with Gasteiger partial charge < -0.3 is 20.3 Å². The number of alkyl halides is 3. The molecule has 0 radical (unpaired) electrons. The number of carbonyl (C=O) groups excluding carboxylic acids is 1. The maximum atomic E-state index is 14.0. The molecule has 1 aromatic heterocycles. The molecule has 298 valence electrons. The van der Waals surface area contributed by atoms with Crippen LogP contribution in [0.5, 0.6) is 0 Å². The Morgan fingerprint density at radius 3 is 2.34 bits per heavy atom. The smallest absolute Gasteiger partial charge is 0.384 e. The van der Waals surface area contributed by atoms with Gasteiger partial charge in [0.1, 0.15) is 17.0 Å². The molecular formula is C41H46ClF3N6O4S. The first kappa shape index (κ1) is 40.0. The van der Waals surface area contributed by atoms with Gasteiger partial charge in [0.15, 0.2) is 0 Å². The van der Waals surface area contributed by atoms with E-state index in [0.717, 1.165) is 69.0 Å². The number of aromatic nitrogens is 2. The number of anilines is 3. The zero-order chi connectivity index (χ0) is 39.7. The third-order valence-electron chi connectivity index (χ3n) is 11.1. The van der Waals surface area contributed by atoms with Gasteiger partial charge in [-0.05, 0) is 103 Å². The Bertz CT molecular complexity index is 2200. The molecule has 10 nitrogen and oxygen atoms in total. The van der Waals surface area contributed by atoms with Gasteiger partial charge in [0.25, 0.3) is 15.7 Å². The minimum Gasteiger partial charge on any atom is -0.384 e. The van der Waals surface area contributed by atoms with Gasteiger partial charge in [-0.1, -0.05) is 43.2 Å². The van der Waals surface area contributed by atoms with E-state index >= 15 is 0 Å². The number of hydrogen-bond donors (Lipinski definition) is 2. The lowest BCUT2D eigenvalue weighted by Gasteiger charge is -2.39. The first-order valence-corrected chi connectivity index (χ1v) is 20.8. The van der Waals surface area contributed by atoms with Crippen molar-refractivity contribution >= 4 is 61.0 Å². The van der Waals surface area contributed by atoms with Crippen molar-refractivity contribution in [3.63, 3.8) is 0 Å². The summed E-state index contributed by atoms with van der Waals surface area (Å²) in [6.07, 6.45) is 5.60. The molecule has 2 N–H and O–H groups in total. The molecule has 0 bridgehead atoms. The Labute approximate surface area is 330 Å². The van der Waals surface area contributed by atoms with Crippen LogP contribution in [0.4, 0.5) is 30.4 Å². The molecule has 3 aliphatic rings. The molecule has 0 unspecified atom stereocenters. The number of piperazine rings is 1. The molecule has 1 aliphatic carbocycles. The van der Waals surface area contributed by atoms with Crippen LogP contribution in [0.1, 0.15) is 61.9 Å². The normalized spacial score (nSPS) is 18.6. The predicted octanol–water partition coefficient (Wildman–Crippen LogP) is 8.45. The average molecular weight is 811 g/mol. The number of halogens is 4. The minimum absolute atomic E-state index is 0.0391. The third kappa shape index (κ3) is 8.83. The molecule has 2 saturated heterocycles. The van der Waals surface area contributed by atoms with Gasteiger partial charge in [0, 0.05) is 74.1 Å². The molecular weight excluding hydrogens is 765 g/mol. The number of nitrogens with zero attached hydrogens (tertiary/aromatic N) is 4. The van der Waals surface area contributed by atoms with Gasteiger partial charge in [0.05, 0.1) is 11.2 Å². The summed E-state index contributed by atoms with van der Waals surface area (Å²) in [5.41, 5.74) is -0.545. The van der Waals surface area contributed by atoms with Gasteiger partial charge in [-0.2, -0.15) is 13.2 Å². The average Bonchev–Trinajstić information content (AvgIpc) is 3.18. The molecule has 0 atom stereocenters. The number of benzene rings is 3. The highest BCUT2D eigenvalue weighted by atomic mass is 35.5. The number of nitrogens with one attached hydrogen (secondary N) is 2. The highest BCUT2D eigenvalue weighted by Gasteiger charge is 2.49. The van der Waals surface area contributed by atoms with Crippen molar-refractivity contribution in [2.24, 2.45) is 11.3 Å². The topological polar surface area (TPSA) is 117 Å². The summed E-state index contributed by atoms with van der Waals surface area (Å²) in [7, 11) is -5.83. The van der Waals surface area contributed by atoms with Crippen LogP contribution in [-0.2, 0) is 14.6 Å². The number of sulfone groups is 1. The number of fused-ring (bicyclic) bond motifs is 1. The summed E-state index contributed by atoms with van der Waals surface area (Å²) < 4.78 is 73.1. The van der Waals surface area contributed by atoms with Crippen molar-refractivity contribution in [2.45, 2.75) is 56.4 Å². The fourth-order valence-corrected chi connectivity index (χ4v) is 9.04. The minimum atomic E-state index is -5.83. The Hall–Kier alpha value is -4.24. The predicted molar refractivity (Wildman–Crippen MR) is 214 cm³/mol. The summed E-state index contributed by atoms with van der Waals surface area (Å²) in [5.74, 6) is -0.557. The lowest BCUT2D eigenvalue weighted by molar-refractivity contribution is -0.0435. The fourth-order valence-electron chi connectivity index (χ4n) is 7.84. The second kappa shape index (κ2) is 16.3. The van der Waals surface area contributed by atoms with E-state index in [-0.39, 0.29) is 34.8 Å². The molecule has 4 aromatic rings. The standard InChI is InChI=1S/C41H46ClF3N6O4S/c1-40(2)16-13-30(34(23-40)28-3-7-31(42)8-4-28)25-50-17-19-51(20-18-50)32-9-5-29(6-10-32)39(52)49-38-33-11-12-35(46-24-27-14-21-55-22-15-27)37(36(33)47-26-48-38)56(53,54)41(43,44)45/h3-12,26-27,46H,13-25H2,1-2H3,(H,47,48,49,52). The molecule has 1 amide bonds. The maximum Gasteiger partial charge on any atom is 0.502 e. The fraction of sp³-hybridized carbons (Fsp3) is 0.439. The summed E-state index contributed by atoms with van der Waals surface area (Å²) in [6, 6.07) is 18.0. The molecule has 7 rings (SSSR count). The summed E-state index contributed by atoms with van der Waals surface area (Å²) in [6.45, 7) is 10.3. The SMILES string of the molecule is CC1(C)CCC(CN2CCN(c3ccc(C(=O)Nc4ncnc5c(S(=O)(=O)C(F)(F)F)c(NCC6CCOCC6)ccc45)cc3)CC2)=C(c2ccc(Cl)cc2)C1. The van der Waals surface area contributed by atoms with Crippen LogP contribution < -0.4 is 15.5 Å². The highest BCUT2D eigenvalue weighted by molar-refractivity contribution is 7.92. The molecule has 3 heterocycles. The van der Waals surface area contributed by atoms with Crippen molar-refractivity contribution < 1.29 is 31.1 Å². The van der Waals surface area contributed by atoms with E-state index in [4.69, 9.17) is 16.3 Å². The Balaban J connectivity index is 1.03. The molecule has 3 aromatic carbocycles. The molecule has 2 fully saturated rings. The van der Waals surface area contributed by atoms with E-state index < -0.39 is 31.7 Å². The van der Waals surface area contributed by atoms with Crippen molar-refractivity contribution in [1.29, 1.82) is 0 Å². The van der Waals surface area contributed by atoms with E-state index in [1.165, 1.54) is 28.8 Å². The Morgan fingerprint density at radius 1 is 0.964 bits per heavy atom. The summed E-state index contributed by atoms with van der Waals surface area (Å²) in [5, 5.41) is 6.26. The van der Waals surface area contributed by atoms with E-state index in [9.17, 15) is 26.4 Å². The number of ether oxygens (including phenoxy) is 1. The van der Waals surface area contributed by atoms with Gasteiger partial charge >= 0.3 is 5.51 Å². The van der Waals surface area contributed by atoms with Crippen molar-refractivity contribution in [1.82, 2.24) is 14.9 Å². The number of carbonyl (C=O) groups is 1. The highest BCUT2D eigenvalue weighted by Crippen LogP contribution is 2.44. The zero-order valence-corrected chi connectivity index (χ0v) is 33.0. The number of allylic oxidation sites excluding steroid dienone is 1. The molecule has 0 spiro atoms. The maximum absolute atomic E-state index is 14.0. The number of rotatable bonds is 10. The summed E-state index contributed by atoms with van der Waals surface area (Å²) in [4.78, 5) is 25.3. The van der Waals surface area contributed by atoms with Crippen LogP contribution in [0.2, 0.25) is 5.02 Å². The van der Waals surface area contributed by atoms with Gasteiger partial charge in [-0.3, -0.25) is 9.69 Å². The van der Waals surface area contributed by atoms with Gasteiger partial charge in [-0.15, -0.1) is 0 Å².